The van der Waals surface area contributed by atoms with E-state index in [1.165, 1.54) is 17.8 Å². The summed E-state index contributed by atoms with van der Waals surface area (Å²) in [5, 5.41) is 2.90. The molecule has 0 radical (unpaired) electrons. The third-order valence-electron chi connectivity index (χ3n) is 6.55. The summed E-state index contributed by atoms with van der Waals surface area (Å²) in [6.07, 6.45) is -0.604. The highest BCUT2D eigenvalue weighted by atomic mass is 19.1. The highest BCUT2D eigenvalue weighted by Gasteiger charge is 2.56. The third kappa shape index (κ3) is 5.01. The van der Waals surface area contributed by atoms with Gasteiger partial charge in [0.05, 0.1) is 12.7 Å². The zero-order valence-corrected chi connectivity index (χ0v) is 20.8. The van der Waals surface area contributed by atoms with E-state index in [0.29, 0.717) is 11.3 Å². The van der Waals surface area contributed by atoms with Crippen molar-refractivity contribution < 1.29 is 23.5 Å². The number of carbonyl (C=O) groups is 2. The molecule has 36 heavy (non-hydrogen) atoms. The first-order valence-corrected chi connectivity index (χ1v) is 11.9. The monoisotopic (exact) mass is 498 g/mol. The van der Waals surface area contributed by atoms with Crippen LogP contribution in [0.2, 0.25) is 0 Å². The molecule has 0 saturated carbocycles. The number of alkyl halides is 1. The van der Waals surface area contributed by atoms with Crippen LogP contribution in [0.15, 0.2) is 36.7 Å². The van der Waals surface area contributed by atoms with Gasteiger partial charge < -0.3 is 20.5 Å². The molecular formula is C25H31FN6O4. The summed E-state index contributed by atoms with van der Waals surface area (Å²) in [4.78, 5) is 37.8. The van der Waals surface area contributed by atoms with Gasteiger partial charge in [-0.15, -0.1) is 0 Å². The summed E-state index contributed by atoms with van der Waals surface area (Å²) in [6.45, 7) is 4.73. The quantitative estimate of drug-likeness (QED) is 0.427. The Balaban J connectivity index is 1.61. The van der Waals surface area contributed by atoms with Crippen LogP contribution in [0.4, 0.5) is 16.2 Å². The van der Waals surface area contributed by atoms with E-state index in [9.17, 15) is 9.59 Å². The topological polar surface area (TPSA) is 134 Å². The number of anilines is 2. The number of nitrogens with one attached hydrogen (secondary N) is 1. The number of fused-ring (bicyclic) bond motifs is 1. The number of esters is 1. The summed E-state index contributed by atoms with van der Waals surface area (Å²) in [5.41, 5.74) is 5.34. The molecule has 2 aromatic heterocycles. The number of benzene rings is 1. The Kier molecular flexibility index (Phi) is 7.21. The lowest BCUT2D eigenvalue weighted by molar-refractivity contribution is -0.148. The van der Waals surface area contributed by atoms with Crippen molar-refractivity contribution in [2.24, 2.45) is 11.8 Å². The van der Waals surface area contributed by atoms with Crippen LogP contribution < -0.4 is 11.1 Å². The van der Waals surface area contributed by atoms with Crippen molar-refractivity contribution in [3.8, 4) is 0 Å². The summed E-state index contributed by atoms with van der Waals surface area (Å²) >= 11 is 0. The maximum atomic E-state index is 16.5. The van der Waals surface area contributed by atoms with Gasteiger partial charge in [-0.25, -0.2) is 9.37 Å². The van der Waals surface area contributed by atoms with Gasteiger partial charge in [0.25, 0.3) is 0 Å². The normalized spacial score (nSPS) is 23.8. The van der Waals surface area contributed by atoms with Gasteiger partial charge in [-0.05, 0) is 12.5 Å². The van der Waals surface area contributed by atoms with Crippen LogP contribution in [0.3, 0.4) is 0 Å². The molecule has 11 heteroatoms. The molecule has 1 aliphatic rings. The molecule has 3 heterocycles. The van der Waals surface area contributed by atoms with Gasteiger partial charge in [0.15, 0.2) is 28.9 Å². The van der Waals surface area contributed by atoms with E-state index >= 15 is 4.39 Å². The fourth-order valence-corrected chi connectivity index (χ4v) is 4.48. The second-order valence-corrected chi connectivity index (χ2v) is 9.46. The standard InChI is InChI=1S/C25H31FN6O4/c1-14(2)17(33)11-16-18(12-35-19(34)10-15-8-6-5-7-9-15)36-23(25(16,3)26)32-13-29-20-21(28-4)30-24(27)31-22(20)32/h5-9,13-14,16,18,23H,10-12H2,1-4H3,(H3,27,28,30,31)/t16-,18-,23-,25-/m1/s1. The van der Waals surface area contributed by atoms with Crippen LogP contribution in [0.5, 0.6) is 0 Å². The Morgan fingerprint density at radius 2 is 2.00 bits per heavy atom. The molecule has 192 valence electrons. The number of ketones is 1. The number of imidazole rings is 1. The number of Topliss-reactive ketones (excluding diaryl/α,β-unsaturated/α-hetero) is 1. The van der Waals surface area contributed by atoms with Gasteiger partial charge in [0.1, 0.15) is 18.5 Å². The minimum Gasteiger partial charge on any atom is -0.463 e. The molecule has 3 aromatic rings. The van der Waals surface area contributed by atoms with Crippen molar-refractivity contribution in [3.05, 3.63) is 42.2 Å². The largest absolute Gasteiger partial charge is 0.463 e. The van der Waals surface area contributed by atoms with Crippen LogP contribution in [0, 0.1) is 11.8 Å². The van der Waals surface area contributed by atoms with Crippen LogP contribution >= 0.6 is 0 Å². The first kappa shape index (κ1) is 25.5. The molecule has 1 aliphatic heterocycles. The average molecular weight is 499 g/mol. The zero-order valence-electron chi connectivity index (χ0n) is 20.8. The van der Waals surface area contributed by atoms with E-state index in [-0.39, 0.29) is 42.7 Å². The fourth-order valence-electron chi connectivity index (χ4n) is 4.48. The Labute approximate surface area is 208 Å². The number of ether oxygens (including phenoxy) is 2. The Bertz CT molecular complexity index is 1250. The minimum atomic E-state index is -2.01. The van der Waals surface area contributed by atoms with Gasteiger partial charge in [-0.3, -0.25) is 14.2 Å². The number of aromatic nitrogens is 4. The van der Waals surface area contributed by atoms with Gasteiger partial charge in [-0.2, -0.15) is 9.97 Å². The first-order chi connectivity index (χ1) is 17.1. The number of nitrogen functional groups attached to an aromatic ring is 1. The van der Waals surface area contributed by atoms with Gasteiger partial charge in [0.2, 0.25) is 5.95 Å². The van der Waals surface area contributed by atoms with E-state index in [1.807, 2.05) is 30.3 Å². The molecule has 0 amide bonds. The number of hydrogen-bond donors (Lipinski definition) is 2. The molecule has 0 aliphatic carbocycles. The number of nitrogens with two attached hydrogens (primary N) is 1. The molecule has 1 fully saturated rings. The Hall–Kier alpha value is -3.60. The predicted molar refractivity (Wildman–Crippen MR) is 132 cm³/mol. The highest BCUT2D eigenvalue weighted by Crippen LogP contribution is 2.48. The van der Waals surface area contributed by atoms with Crippen LogP contribution in [-0.2, 0) is 25.5 Å². The molecule has 0 bridgehead atoms. The Morgan fingerprint density at radius 1 is 1.28 bits per heavy atom. The maximum absolute atomic E-state index is 16.5. The molecule has 1 saturated heterocycles. The summed E-state index contributed by atoms with van der Waals surface area (Å²) in [5.74, 6) is -1.32. The molecule has 4 atom stereocenters. The van der Waals surface area contributed by atoms with Crippen molar-refractivity contribution in [1.29, 1.82) is 0 Å². The summed E-state index contributed by atoms with van der Waals surface area (Å²) < 4.78 is 29.6. The van der Waals surface area contributed by atoms with Gasteiger partial charge in [0, 0.05) is 25.3 Å². The van der Waals surface area contributed by atoms with Crippen molar-refractivity contribution in [2.75, 3.05) is 24.7 Å². The molecule has 1 aromatic carbocycles. The molecular weight excluding hydrogens is 467 g/mol. The predicted octanol–water partition coefficient (Wildman–Crippen LogP) is 3.09. The van der Waals surface area contributed by atoms with Gasteiger partial charge >= 0.3 is 5.97 Å². The molecule has 10 nitrogen and oxygen atoms in total. The first-order valence-electron chi connectivity index (χ1n) is 11.9. The molecule has 0 spiro atoms. The van der Waals surface area contributed by atoms with E-state index in [4.69, 9.17) is 15.2 Å². The van der Waals surface area contributed by atoms with Crippen LogP contribution in [0.1, 0.15) is 39.0 Å². The average Bonchev–Trinajstić information content (AvgIpc) is 3.35. The van der Waals surface area contributed by atoms with E-state index in [1.54, 1.807) is 20.9 Å². The Morgan fingerprint density at radius 3 is 2.67 bits per heavy atom. The highest BCUT2D eigenvalue weighted by molar-refractivity contribution is 5.84. The van der Waals surface area contributed by atoms with Crippen molar-refractivity contribution in [2.45, 2.75) is 51.6 Å². The zero-order chi connectivity index (χ0) is 26.0. The lowest BCUT2D eigenvalue weighted by atomic mass is 9.82. The summed E-state index contributed by atoms with van der Waals surface area (Å²) in [7, 11) is 1.67. The smallest absolute Gasteiger partial charge is 0.310 e. The molecule has 0 unspecified atom stereocenters. The molecule has 4 rings (SSSR count). The van der Waals surface area contributed by atoms with Crippen molar-refractivity contribution in [3.63, 3.8) is 0 Å². The molecule has 3 N–H and O–H groups in total. The maximum Gasteiger partial charge on any atom is 0.310 e. The van der Waals surface area contributed by atoms with Crippen molar-refractivity contribution >= 4 is 34.7 Å². The lowest BCUT2D eigenvalue weighted by Crippen LogP contribution is -2.38. The number of hydrogen-bond acceptors (Lipinski definition) is 9. The number of rotatable bonds is 9. The van der Waals surface area contributed by atoms with E-state index in [0.717, 1.165) is 5.56 Å². The second-order valence-electron chi connectivity index (χ2n) is 9.46. The lowest BCUT2D eigenvalue weighted by Gasteiger charge is -2.28. The van der Waals surface area contributed by atoms with E-state index < -0.39 is 29.9 Å². The number of halogens is 1. The SMILES string of the molecule is CNc1nc(N)nc2c1ncn2[C@@H]1O[C@H](COC(=O)Cc2ccccc2)[C@@H](CC(=O)C(C)C)[C@@]1(C)F. The third-order valence-corrected chi connectivity index (χ3v) is 6.55. The van der Waals surface area contributed by atoms with E-state index in [2.05, 4.69) is 20.3 Å². The minimum absolute atomic E-state index is 0.00918. The second kappa shape index (κ2) is 10.2. The summed E-state index contributed by atoms with van der Waals surface area (Å²) in [6, 6.07) is 9.17. The fraction of sp³-hybridized carbons (Fsp3) is 0.480. The van der Waals surface area contributed by atoms with Crippen molar-refractivity contribution in [1.82, 2.24) is 19.5 Å². The van der Waals surface area contributed by atoms with Crippen LogP contribution in [-0.4, -0.2) is 56.7 Å². The number of nitrogens with zero attached hydrogens (tertiary/aromatic N) is 4. The number of carbonyl (C=O) groups excluding carboxylic acids is 2. The van der Waals surface area contributed by atoms with Gasteiger partial charge in [-0.1, -0.05) is 44.2 Å². The van der Waals surface area contributed by atoms with Crippen LogP contribution in [0.25, 0.3) is 11.2 Å².